The number of alkyl halides is 1. The van der Waals surface area contributed by atoms with Crippen LogP contribution in [-0.4, -0.2) is 54.9 Å². The molecule has 0 bridgehead atoms. The Labute approximate surface area is 71.3 Å². The molecule has 0 aromatic carbocycles. The van der Waals surface area contributed by atoms with Crippen molar-refractivity contribution in [1.82, 2.24) is 9.80 Å². The highest BCUT2D eigenvalue weighted by atomic mass is 79.9. The number of rotatable bonds is 1. The van der Waals surface area contributed by atoms with Gasteiger partial charge in [-0.1, -0.05) is 15.9 Å². The minimum absolute atomic E-state index is 0.707. The van der Waals surface area contributed by atoms with Gasteiger partial charge in [0.25, 0.3) is 0 Å². The van der Waals surface area contributed by atoms with E-state index in [4.69, 9.17) is 0 Å². The average molecular weight is 207 g/mol. The molecule has 60 valence electrons. The Morgan fingerprint density at radius 3 is 2.60 bits per heavy atom. The third-order valence-electron chi connectivity index (χ3n) is 2.16. The average Bonchev–Trinajstić information content (AvgIpc) is 1.94. The summed E-state index contributed by atoms with van der Waals surface area (Å²) in [5.41, 5.74) is 0. The molecule has 1 heterocycles. The summed E-state index contributed by atoms with van der Waals surface area (Å²) in [6.45, 7) is 3.61. The number of hydrogen-bond donors (Lipinski definition) is 0. The lowest BCUT2D eigenvalue weighted by molar-refractivity contribution is 0.129. The standard InChI is InChI=1S/C7H15BrN2/c1-9-3-4-10(2)7(5-8)6-9/h7H,3-6H2,1-2H3. The topological polar surface area (TPSA) is 6.48 Å². The number of nitrogens with zero attached hydrogens (tertiary/aromatic N) is 2. The molecule has 0 N–H and O–H groups in total. The van der Waals surface area contributed by atoms with Gasteiger partial charge in [0.15, 0.2) is 0 Å². The highest BCUT2D eigenvalue weighted by Gasteiger charge is 2.20. The third kappa shape index (κ3) is 1.94. The van der Waals surface area contributed by atoms with Crippen molar-refractivity contribution in [2.45, 2.75) is 6.04 Å². The summed E-state index contributed by atoms with van der Waals surface area (Å²) in [4.78, 5) is 4.79. The van der Waals surface area contributed by atoms with Crippen LogP contribution in [0.5, 0.6) is 0 Å². The minimum atomic E-state index is 0.707. The van der Waals surface area contributed by atoms with E-state index < -0.39 is 0 Å². The van der Waals surface area contributed by atoms with Crippen LogP contribution in [0.2, 0.25) is 0 Å². The van der Waals surface area contributed by atoms with Gasteiger partial charge in [0.05, 0.1) is 0 Å². The van der Waals surface area contributed by atoms with Crippen LogP contribution >= 0.6 is 15.9 Å². The van der Waals surface area contributed by atoms with Crippen molar-refractivity contribution >= 4 is 15.9 Å². The zero-order chi connectivity index (χ0) is 7.56. The van der Waals surface area contributed by atoms with Crippen molar-refractivity contribution in [3.05, 3.63) is 0 Å². The molecule has 1 atom stereocenters. The van der Waals surface area contributed by atoms with Crippen LogP contribution < -0.4 is 0 Å². The molecular formula is C7H15BrN2. The van der Waals surface area contributed by atoms with Gasteiger partial charge < -0.3 is 9.80 Å². The monoisotopic (exact) mass is 206 g/mol. The normalized spacial score (nSPS) is 30.9. The van der Waals surface area contributed by atoms with E-state index in [1.807, 2.05) is 0 Å². The first-order valence-corrected chi connectivity index (χ1v) is 4.81. The van der Waals surface area contributed by atoms with Crippen molar-refractivity contribution < 1.29 is 0 Å². The Hall–Kier alpha value is 0.400. The Balaban J connectivity index is 2.38. The van der Waals surface area contributed by atoms with Gasteiger partial charge in [0, 0.05) is 31.0 Å². The number of piperazine rings is 1. The zero-order valence-corrected chi connectivity index (χ0v) is 8.26. The molecule has 1 rings (SSSR count). The summed E-state index contributed by atoms with van der Waals surface area (Å²) in [7, 11) is 4.38. The van der Waals surface area contributed by atoms with Gasteiger partial charge in [-0.2, -0.15) is 0 Å². The molecule has 10 heavy (non-hydrogen) atoms. The summed E-state index contributed by atoms with van der Waals surface area (Å²) in [6, 6.07) is 0.707. The zero-order valence-electron chi connectivity index (χ0n) is 6.68. The van der Waals surface area contributed by atoms with E-state index in [1.165, 1.54) is 19.6 Å². The lowest BCUT2D eigenvalue weighted by Crippen LogP contribution is -2.50. The molecule has 1 aliphatic rings. The van der Waals surface area contributed by atoms with Crippen LogP contribution in [0.4, 0.5) is 0 Å². The maximum Gasteiger partial charge on any atom is 0.0317 e. The highest BCUT2D eigenvalue weighted by Crippen LogP contribution is 2.07. The van der Waals surface area contributed by atoms with E-state index in [0.717, 1.165) is 5.33 Å². The summed E-state index contributed by atoms with van der Waals surface area (Å²) in [5.74, 6) is 0. The predicted molar refractivity (Wildman–Crippen MR) is 47.7 cm³/mol. The van der Waals surface area contributed by atoms with Crippen LogP contribution in [0.25, 0.3) is 0 Å². The van der Waals surface area contributed by atoms with Crippen LogP contribution in [-0.2, 0) is 0 Å². The maximum atomic E-state index is 3.51. The second kappa shape index (κ2) is 3.69. The molecule has 0 aromatic heterocycles. The minimum Gasteiger partial charge on any atom is -0.304 e. The first-order chi connectivity index (χ1) is 4.74. The summed E-state index contributed by atoms with van der Waals surface area (Å²) in [5, 5.41) is 1.09. The molecule has 0 radical (unpaired) electrons. The molecule has 1 aliphatic heterocycles. The second-order valence-electron chi connectivity index (χ2n) is 3.05. The van der Waals surface area contributed by atoms with Crippen molar-refractivity contribution in [3.63, 3.8) is 0 Å². The molecule has 0 spiro atoms. The van der Waals surface area contributed by atoms with Crippen molar-refractivity contribution in [2.24, 2.45) is 0 Å². The Morgan fingerprint density at radius 2 is 2.10 bits per heavy atom. The largest absolute Gasteiger partial charge is 0.304 e. The molecule has 2 nitrogen and oxygen atoms in total. The first kappa shape index (κ1) is 8.50. The second-order valence-corrected chi connectivity index (χ2v) is 3.70. The molecule has 0 saturated carbocycles. The summed E-state index contributed by atoms with van der Waals surface area (Å²) in [6.07, 6.45) is 0. The Bertz CT molecular complexity index is 108. The quantitative estimate of drug-likeness (QED) is 0.582. The van der Waals surface area contributed by atoms with E-state index in [2.05, 4.69) is 39.8 Å². The lowest BCUT2D eigenvalue weighted by atomic mass is 10.2. The van der Waals surface area contributed by atoms with E-state index in [9.17, 15) is 0 Å². The van der Waals surface area contributed by atoms with Crippen LogP contribution in [0.15, 0.2) is 0 Å². The van der Waals surface area contributed by atoms with Gasteiger partial charge in [-0.25, -0.2) is 0 Å². The fourth-order valence-electron chi connectivity index (χ4n) is 1.27. The van der Waals surface area contributed by atoms with Crippen LogP contribution in [0.1, 0.15) is 0 Å². The first-order valence-electron chi connectivity index (χ1n) is 3.69. The predicted octanol–water partition coefficient (Wildman–Crippen LogP) is 0.627. The number of halogens is 1. The third-order valence-corrected chi connectivity index (χ3v) is 2.91. The van der Waals surface area contributed by atoms with E-state index in [0.29, 0.717) is 6.04 Å². The Morgan fingerprint density at radius 1 is 1.40 bits per heavy atom. The fourth-order valence-corrected chi connectivity index (χ4v) is 1.97. The summed E-state index contributed by atoms with van der Waals surface area (Å²) < 4.78 is 0. The molecule has 1 unspecified atom stereocenters. The fraction of sp³-hybridized carbons (Fsp3) is 1.00. The van der Waals surface area contributed by atoms with Gasteiger partial charge in [-0.3, -0.25) is 0 Å². The van der Waals surface area contributed by atoms with E-state index >= 15 is 0 Å². The molecular weight excluding hydrogens is 192 g/mol. The Kier molecular flexibility index (Phi) is 3.14. The molecule has 0 aliphatic carbocycles. The highest BCUT2D eigenvalue weighted by molar-refractivity contribution is 9.09. The molecule has 1 fully saturated rings. The molecule has 3 heteroatoms. The van der Waals surface area contributed by atoms with Crippen molar-refractivity contribution in [1.29, 1.82) is 0 Å². The van der Waals surface area contributed by atoms with Gasteiger partial charge in [-0.15, -0.1) is 0 Å². The van der Waals surface area contributed by atoms with Gasteiger partial charge in [0.1, 0.15) is 0 Å². The van der Waals surface area contributed by atoms with Crippen LogP contribution in [0, 0.1) is 0 Å². The maximum absolute atomic E-state index is 3.51. The van der Waals surface area contributed by atoms with Gasteiger partial charge >= 0.3 is 0 Å². The SMILES string of the molecule is CN1CCN(C)C(CBr)C1. The number of hydrogen-bond acceptors (Lipinski definition) is 2. The smallest absolute Gasteiger partial charge is 0.0317 e. The van der Waals surface area contributed by atoms with Crippen molar-refractivity contribution in [2.75, 3.05) is 39.1 Å². The van der Waals surface area contributed by atoms with Gasteiger partial charge in [-0.05, 0) is 14.1 Å². The van der Waals surface area contributed by atoms with Crippen LogP contribution in [0.3, 0.4) is 0 Å². The number of likely N-dealkylation sites (N-methyl/N-ethyl adjacent to an activating group) is 2. The van der Waals surface area contributed by atoms with E-state index in [1.54, 1.807) is 0 Å². The van der Waals surface area contributed by atoms with Crippen molar-refractivity contribution in [3.8, 4) is 0 Å². The van der Waals surface area contributed by atoms with Gasteiger partial charge in [0.2, 0.25) is 0 Å². The molecule has 0 amide bonds. The lowest BCUT2D eigenvalue weighted by Gasteiger charge is -2.36. The summed E-state index contributed by atoms with van der Waals surface area (Å²) >= 11 is 3.51. The molecule has 0 aromatic rings. The molecule has 1 saturated heterocycles. The van der Waals surface area contributed by atoms with E-state index in [-0.39, 0.29) is 0 Å².